The van der Waals surface area contributed by atoms with E-state index in [4.69, 9.17) is 0 Å². The van der Waals surface area contributed by atoms with E-state index in [-0.39, 0.29) is 30.7 Å². The number of halogens is 2. The highest BCUT2D eigenvalue weighted by molar-refractivity contribution is 7.09. The van der Waals surface area contributed by atoms with Crippen LogP contribution in [0.2, 0.25) is 0 Å². The molecule has 0 saturated carbocycles. The molecule has 0 aromatic carbocycles. The Labute approximate surface area is 130 Å². The van der Waals surface area contributed by atoms with Crippen molar-refractivity contribution in [3.05, 3.63) is 16.1 Å². The van der Waals surface area contributed by atoms with Crippen LogP contribution in [0.25, 0.3) is 0 Å². The normalized spacial score (nSPS) is 18.1. The van der Waals surface area contributed by atoms with Crippen LogP contribution in [-0.4, -0.2) is 30.0 Å². The number of hydrogen-bond acceptors (Lipinski definition) is 4. The maximum absolute atomic E-state index is 11.8. The van der Waals surface area contributed by atoms with Crippen molar-refractivity contribution >= 4 is 42.1 Å². The summed E-state index contributed by atoms with van der Waals surface area (Å²) in [7, 11) is 0. The molecule has 7 heteroatoms. The first-order valence-electron chi connectivity index (χ1n) is 6.21. The summed E-state index contributed by atoms with van der Waals surface area (Å²) in [4.78, 5) is 16.2. The van der Waals surface area contributed by atoms with Crippen LogP contribution in [0.3, 0.4) is 0 Å². The molecule has 110 valence electrons. The Hall–Kier alpha value is -0.360. The largest absolute Gasteiger partial charge is 0.352 e. The van der Waals surface area contributed by atoms with E-state index in [1.54, 1.807) is 11.3 Å². The summed E-state index contributed by atoms with van der Waals surface area (Å²) in [6.07, 6.45) is 3.57. The van der Waals surface area contributed by atoms with Crippen molar-refractivity contribution in [3.8, 4) is 0 Å². The Morgan fingerprint density at radius 3 is 2.95 bits per heavy atom. The van der Waals surface area contributed by atoms with Gasteiger partial charge in [-0.05, 0) is 25.8 Å². The second-order valence-corrected chi connectivity index (χ2v) is 5.32. The Balaban J connectivity index is 0.00000162. The molecule has 1 saturated heterocycles. The minimum Gasteiger partial charge on any atom is -0.352 e. The van der Waals surface area contributed by atoms with Crippen LogP contribution in [0, 0.1) is 0 Å². The van der Waals surface area contributed by atoms with Gasteiger partial charge in [0.1, 0.15) is 0 Å². The molecule has 1 aliphatic rings. The molecule has 1 aromatic rings. The molecule has 0 spiro atoms. The SMILES string of the molecule is CCc1nc(CC(=O)NC2CCCNC2)cs1.Cl.Cl. The number of aromatic nitrogens is 1. The fourth-order valence-corrected chi connectivity index (χ4v) is 2.76. The van der Waals surface area contributed by atoms with Crippen molar-refractivity contribution in [2.75, 3.05) is 13.1 Å². The van der Waals surface area contributed by atoms with Gasteiger partial charge in [0.25, 0.3) is 0 Å². The number of aryl methyl sites for hydroxylation is 1. The first-order valence-corrected chi connectivity index (χ1v) is 7.09. The number of carbonyl (C=O) groups excluding carboxylic acids is 1. The molecule has 2 heterocycles. The molecule has 1 fully saturated rings. The number of hydrogen-bond donors (Lipinski definition) is 2. The zero-order chi connectivity index (χ0) is 12.1. The van der Waals surface area contributed by atoms with Crippen molar-refractivity contribution in [1.82, 2.24) is 15.6 Å². The molecule has 2 rings (SSSR count). The van der Waals surface area contributed by atoms with Gasteiger partial charge in [0.2, 0.25) is 5.91 Å². The second-order valence-electron chi connectivity index (χ2n) is 4.37. The zero-order valence-corrected chi connectivity index (χ0v) is 13.4. The maximum atomic E-state index is 11.8. The molecule has 0 radical (unpaired) electrons. The molecule has 0 aliphatic carbocycles. The Morgan fingerprint density at radius 1 is 1.58 bits per heavy atom. The molecule has 1 aliphatic heterocycles. The number of rotatable bonds is 4. The van der Waals surface area contributed by atoms with Crippen molar-refractivity contribution < 1.29 is 4.79 Å². The fourth-order valence-electron chi connectivity index (χ4n) is 2.01. The first-order chi connectivity index (χ1) is 8.28. The van der Waals surface area contributed by atoms with Crippen molar-refractivity contribution in [1.29, 1.82) is 0 Å². The van der Waals surface area contributed by atoms with Gasteiger partial charge >= 0.3 is 0 Å². The van der Waals surface area contributed by atoms with Crippen LogP contribution in [0.15, 0.2) is 5.38 Å². The van der Waals surface area contributed by atoms with Crippen LogP contribution in [0.4, 0.5) is 0 Å². The maximum Gasteiger partial charge on any atom is 0.226 e. The molecular formula is C12H21Cl2N3OS. The van der Waals surface area contributed by atoms with Gasteiger partial charge in [-0.3, -0.25) is 4.79 Å². The molecule has 1 unspecified atom stereocenters. The summed E-state index contributed by atoms with van der Waals surface area (Å²) in [5.41, 5.74) is 0.896. The minimum absolute atomic E-state index is 0. The average molecular weight is 326 g/mol. The number of thiazole rings is 1. The van der Waals surface area contributed by atoms with E-state index < -0.39 is 0 Å². The number of nitrogens with zero attached hydrogens (tertiary/aromatic N) is 1. The highest BCUT2D eigenvalue weighted by Crippen LogP contribution is 2.11. The highest BCUT2D eigenvalue weighted by atomic mass is 35.5. The minimum atomic E-state index is 0. The second kappa shape index (κ2) is 9.53. The number of amides is 1. The van der Waals surface area contributed by atoms with E-state index in [1.165, 1.54) is 0 Å². The van der Waals surface area contributed by atoms with Gasteiger partial charge in [0, 0.05) is 18.0 Å². The summed E-state index contributed by atoms with van der Waals surface area (Å²) >= 11 is 1.63. The molecule has 0 bridgehead atoms. The average Bonchev–Trinajstić information content (AvgIpc) is 2.78. The smallest absolute Gasteiger partial charge is 0.226 e. The van der Waals surface area contributed by atoms with Crippen molar-refractivity contribution in [2.45, 2.75) is 38.6 Å². The van der Waals surface area contributed by atoms with Gasteiger partial charge in [-0.1, -0.05) is 6.92 Å². The molecule has 1 aromatic heterocycles. The first kappa shape index (κ1) is 18.6. The van der Waals surface area contributed by atoms with Crippen LogP contribution in [-0.2, 0) is 17.6 Å². The molecule has 19 heavy (non-hydrogen) atoms. The highest BCUT2D eigenvalue weighted by Gasteiger charge is 2.16. The Morgan fingerprint density at radius 2 is 2.37 bits per heavy atom. The summed E-state index contributed by atoms with van der Waals surface area (Å²) in [6.45, 7) is 4.04. The van der Waals surface area contributed by atoms with E-state index in [9.17, 15) is 4.79 Å². The molecular weight excluding hydrogens is 305 g/mol. The molecule has 4 nitrogen and oxygen atoms in total. The Kier molecular flexibility index (Phi) is 9.35. The van der Waals surface area contributed by atoms with Crippen molar-refractivity contribution in [3.63, 3.8) is 0 Å². The Bertz CT molecular complexity index is 381. The third-order valence-electron chi connectivity index (χ3n) is 2.91. The van der Waals surface area contributed by atoms with E-state index in [0.29, 0.717) is 12.5 Å². The summed E-state index contributed by atoms with van der Waals surface area (Å²) < 4.78 is 0. The quantitative estimate of drug-likeness (QED) is 0.889. The van der Waals surface area contributed by atoms with Crippen LogP contribution in [0.5, 0.6) is 0 Å². The van der Waals surface area contributed by atoms with E-state index in [1.807, 2.05) is 5.38 Å². The van der Waals surface area contributed by atoms with Crippen molar-refractivity contribution in [2.24, 2.45) is 0 Å². The predicted octanol–water partition coefficient (Wildman–Crippen LogP) is 1.96. The zero-order valence-electron chi connectivity index (χ0n) is 11.0. The predicted molar refractivity (Wildman–Crippen MR) is 83.7 cm³/mol. The third-order valence-corrected chi connectivity index (χ3v) is 3.95. The van der Waals surface area contributed by atoms with Gasteiger partial charge in [0.05, 0.1) is 17.1 Å². The fraction of sp³-hybridized carbons (Fsp3) is 0.667. The lowest BCUT2D eigenvalue weighted by molar-refractivity contribution is -0.121. The van der Waals surface area contributed by atoms with Crippen LogP contribution >= 0.6 is 36.2 Å². The number of piperidine rings is 1. The van der Waals surface area contributed by atoms with Crippen LogP contribution < -0.4 is 10.6 Å². The summed E-state index contributed by atoms with van der Waals surface area (Å²) in [6, 6.07) is 0.292. The van der Waals surface area contributed by atoms with Gasteiger partial charge in [0.15, 0.2) is 0 Å². The van der Waals surface area contributed by atoms with E-state index in [0.717, 1.165) is 43.1 Å². The van der Waals surface area contributed by atoms with Gasteiger partial charge in [-0.15, -0.1) is 36.2 Å². The lowest BCUT2D eigenvalue weighted by Gasteiger charge is -2.23. The van der Waals surface area contributed by atoms with Gasteiger partial charge in [-0.2, -0.15) is 0 Å². The lowest BCUT2D eigenvalue weighted by atomic mass is 10.1. The molecule has 1 amide bonds. The van der Waals surface area contributed by atoms with Gasteiger partial charge < -0.3 is 10.6 Å². The van der Waals surface area contributed by atoms with Gasteiger partial charge in [-0.25, -0.2) is 4.98 Å². The summed E-state index contributed by atoms with van der Waals surface area (Å²) in [5.74, 6) is 0.0895. The number of carbonyl (C=O) groups is 1. The lowest BCUT2D eigenvalue weighted by Crippen LogP contribution is -2.46. The topological polar surface area (TPSA) is 54.0 Å². The summed E-state index contributed by atoms with van der Waals surface area (Å²) in [5, 5.41) is 9.43. The third kappa shape index (κ3) is 6.08. The molecule has 2 N–H and O–H groups in total. The molecule has 1 atom stereocenters. The number of nitrogens with one attached hydrogen (secondary N) is 2. The monoisotopic (exact) mass is 325 g/mol. The van der Waals surface area contributed by atoms with E-state index >= 15 is 0 Å². The van der Waals surface area contributed by atoms with Crippen LogP contribution in [0.1, 0.15) is 30.5 Å². The van der Waals surface area contributed by atoms with E-state index in [2.05, 4.69) is 22.5 Å². The standard InChI is InChI=1S/C12H19N3OS.2ClH/c1-2-12-15-10(8-17-12)6-11(16)14-9-4-3-5-13-7-9;;/h8-9,13H,2-7H2,1H3,(H,14,16);2*1H.